The molecule has 0 aliphatic carbocycles. The fourth-order valence-electron chi connectivity index (χ4n) is 1.63. The Morgan fingerprint density at radius 3 is 2.68 bits per heavy atom. The summed E-state index contributed by atoms with van der Waals surface area (Å²) < 4.78 is 32.9. The Bertz CT molecular complexity index is 617. The Morgan fingerprint density at radius 1 is 1.21 bits per heavy atom. The van der Waals surface area contributed by atoms with Gasteiger partial charge in [-0.2, -0.15) is 0 Å². The Hall–Kier alpha value is -1.62. The second-order valence-electron chi connectivity index (χ2n) is 4.10. The fraction of sp³-hybridized carbons (Fsp3) is 0.143. The largest absolute Gasteiger partial charge is 0.487 e. The molecule has 0 saturated carbocycles. The molecule has 0 aromatic heterocycles. The summed E-state index contributed by atoms with van der Waals surface area (Å²) in [5.41, 5.74) is 7.03. The Labute approximate surface area is 118 Å². The molecular formula is C14H12BrF2NO. The molecule has 0 bridgehead atoms. The number of para-hydroxylation sites is 1. The average molecular weight is 328 g/mol. The summed E-state index contributed by atoms with van der Waals surface area (Å²) in [7, 11) is 0. The van der Waals surface area contributed by atoms with Crippen molar-refractivity contribution >= 4 is 21.6 Å². The van der Waals surface area contributed by atoms with Crippen molar-refractivity contribution in [2.45, 2.75) is 13.5 Å². The predicted octanol–water partition coefficient (Wildman–Crippen LogP) is 4.20. The van der Waals surface area contributed by atoms with E-state index in [1.807, 2.05) is 13.0 Å². The third kappa shape index (κ3) is 2.87. The molecule has 5 heteroatoms. The van der Waals surface area contributed by atoms with Crippen molar-refractivity contribution in [1.29, 1.82) is 0 Å². The highest BCUT2D eigenvalue weighted by atomic mass is 79.9. The molecule has 0 radical (unpaired) electrons. The first-order valence-electron chi connectivity index (χ1n) is 5.61. The van der Waals surface area contributed by atoms with Gasteiger partial charge in [-0.3, -0.25) is 0 Å². The maximum absolute atomic E-state index is 13.7. The summed E-state index contributed by atoms with van der Waals surface area (Å²) in [6, 6.07) is 7.77. The fourth-order valence-corrected chi connectivity index (χ4v) is 2.00. The number of hydrogen-bond acceptors (Lipinski definition) is 2. The molecule has 0 atom stereocenters. The van der Waals surface area contributed by atoms with Crippen LogP contribution in [0.2, 0.25) is 0 Å². The van der Waals surface area contributed by atoms with Crippen molar-refractivity contribution < 1.29 is 13.5 Å². The van der Waals surface area contributed by atoms with Crippen LogP contribution in [-0.2, 0) is 6.61 Å². The molecule has 0 saturated heterocycles. The Balaban J connectivity index is 2.24. The number of nitrogens with two attached hydrogens (primary N) is 1. The van der Waals surface area contributed by atoms with Crippen LogP contribution in [0.25, 0.3) is 0 Å². The SMILES string of the molecule is Cc1cccc(OCc2c(F)ccc(Br)c2F)c1N. The first-order chi connectivity index (χ1) is 9.00. The van der Waals surface area contributed by atoms with Gasteiger partial charge in [0.2, 0.25) is 0 Å². The highest BCUT2D eigenvalue weighted by Gasteiger charge is 2.13. The lowest BCUT2D eigenvalue weighted by Gasteiger charge is -2.12. The summed E-state index contributed by atoms with van der Waals surface area (Å²) in [6.07, 6.45) is 0. The van der Waals surface area contributed by atoms with E-state index in [9.17, 15) is 8.78 Å². The molecule has 0 spiro atoms. The van der Waals surface area contributed by atoms with Crippen LogP contribution in [-0.4, -0.2) is 0 Å². The highest BCUT2D eigenvalue weighted by Crippen LogP contribution is 2.27. The number of benzene rings is 2. The lowest BCUT2D eigenvalue weighted by Crippen LogP contribution is -2.04. The zero-order valence-electron chi connectivity index (χ0n) is 10.2. The molecule has 0 aliphatic rings. The lowest BCUT2D eigenvalue weighted by atomic mass is 10.2. The van der Waals surface area contributed by atoms with Gasteiger partial charge in [-0.25, -0.2) is 8.78 Å². The maximum Gasteiger partial charge on any atom is 0.146 e. The highest BCUT2D eigenvalue weighted by molar-refractivity contribution is 9.10. The molecule has 2 aromatic carbocycles. The normalized spacial score (nSPS) is 10.5. The van der Waals surface area contributed by atoms with Gasteiger partial charge in [0.1, 0.15) is 24.0 Å². The van der Waals surface area contributed by atoms with E-state index in [2.05, 4.69) is 15.9 Å². The van der Waals surface area contributed by atoms with Crippen LogP contribution in [0.15, 0.2) is 34.8 Å². The first-order valence-corrected chi connectivity index (χ1v) is 6.40. The monoisotopic (exact) mass is 327 g/mol. The molecule has 100 valence electrons. The number of aryl methyl sites for hydroxylation is 1. The lowest BCUT2D eigenvalue weighted by molar-refractivity contribution is 0.293. The van der Waals surface area contributed by atoms with E-state index in [0.29, 0.717) is 11.4 Å². The summed E-state index contributed by atoms with van der Waals surface area (Å²) in [5, 5.41) is 0. The van der Waals surface area contributed by atoms with Gasteiger partial charge in [0.15, 0.2) is 0 Å². The van der Waals surface area contributed by atoms with Crippen LogP contribution in [0.1, 0.15) is 11.1 Å². The number of anilines is 1. The minimum absolute atomic E-state index is 0.129. The van der Waals surface area contributed by atoms with Crippen molar-refractivity contribution in [1.82, 2.24) is 0 Å². The van der Waals surface area contributed by atoms with Crippen LogP contribution in [0.5, 0.6) is 5.75 Å². The Morgan fingerprint density at radius 2 is 1.95 bits per heavy atom. The molecule has 2 nitrogen and oxygen atoms in total. The van der Waals surface area contributed by atoms with Gasteiger partial charge < -0.3 is 10.5 Å². The van der Waals surface area contributed by atoms with Gasteiger partial charge in [-0.1, -0.05) is 12.1 Å². The van der Waals surface area contributed by atoms with Crippen molar-refractivity contribution in [3.63, 3.8) is 0 Å². The second kappa shape index (κ2) is 5.57. The van der Waals surface area contributed by atoms with E-state index in [1.165, 1.54) is 12.1 Å². The molecule has 19 heavy (non-hydrogen) atoms. The van der Waals surface area contributed by atoms with Crippen LogP contribution in [0.3, 0.4) is 0 Å². The molecule has 2 N–H and O–H groups in total. The van der Waals surface area contributed by atoms with E-state index < -0.39 is 11.6 Å². The molecule has 2 rings (SSSR count). The van der Waals surface area contributed by atoms with Gasteiger partial charge in [-0.15, -0.1) is 0 Å². The van der Waals surface area contributed by atoms with E-state index in [1.54, 1.807) is 12.1 Å². The molecule has 0 aliphatic heterocycles. The van der Waals surface area contributed by atoms with E-state index in [-0.39, 0.29) is 16.6 Å². The van der Waals surface area contributed by atoms with E-state index in [4.69, 9.17) is 10.5 Å². The molecule has 0 amide bonds. The van der Waals surface area contributed by atoms with Gasteiger partial charge in [0.25, 0.3) is 0 Å². The van der Waals surface area contributed by atoms with Gasteiger partial charge in [0.05, 0.1) is 15.7 Å². The minimum Gasteiger partial charge on any atom is -0.487 e. The van der Waals surface area contributed by atoms with Gasteiger partial charge in [-0.05, 0) is 46.6 Å². The van der Waals surface area contributed by atoms with E-state index >= 15 is 0 Å². The maximum atomic E-state index is 13.7. The average Bonchev–Trinajstić information content (AvgIpc) is 2.39. The van der Waals surface area contributed by atoms with Crippen LogP contribution < -0.4 is 10.5 Å². The predicted molar refractivity (Wildman–Crippen MR) is 74.0 cm³/mol. The minimum atomic E-state index is -0.661. The number of nitrogen functional groups attached to an aromatic ring is 1. The van der Waals surface area contributed by atoms with Crippen molar-refractivity contribution in [3.05, 3.63) is 57.6 Å². The standard InChI is InChI=1S/C14H12BrF2NO/c1-8-3-2-4-12(14(8)18)19-7-9-11(16)6-5-10(15)13(9)17/h2-6H,7,18H2,1H3. The number of hydrogen-bond donors (Lipinski definition) is 1. The number of halogens is 3. The summed E-state index contributed by atoms with van der Waals surface area (Å²) in [4.78, 5) is 0. The summed E-state index contributed by atoms with van der Waals surface area (Å²) >= 11 is 3.01. The summed E-state index contributed by atoms with van der Waals surface area (Å²) in [5.74, 6) is -0.892. The zero-order chi connectivity index (χ0) is 14.0. The quantitative estimate of drug-likeness (QED) is 0.677. The van der Waals surface area contributed by atoms with Gasteiger partial charge in [0, 0.05) is 0 Å². The molecule has 2 aromatic rings. The second-order valence-corrected chi connectivity index (χ2v) is 4.95. The third-order valence-electron chi connectivity index (χ3n) is 2.80. The van der Waals surface area contributed by atoms with Crippen molar-refractivity contribution in [3.8, 4) is 5.75 Å². The zero-order valence-corrected chi connectivity index (χ0v) is 11.8. The smallest absolute Gasteiger partial charge is 0.146 e. The topological polar surface area (TPSA) is 35.2 Å². The number of rotatable bonds is 3. The van der Waals surface area contributed by atoms with Crippen LogP contribution >= 0.6 is 15.9 Å². The summed E-state index contributed by atoms with van der Waals surface area (Å²) in [6.45, 7) is 1.62. The Kier molecular flexibility index (Phi) is 4.04. The van der Waals surface area contributed by atoms with Crippen LogP contribution in [0.4, 0.5) is 14.5 Å². The molecule has 0 unspecified atom stereocenters. The van der Waals surface area contributed by atoms with Crippen LogP contribution in [0, 0.1) is 18.6 Å². The third-order valence-corrected chi connectivity index (χ3v) is 3.41. The van der Waals surface area contributed by atoms with Gasteiger partial charge >= 0.3 is 0 Å². The van der Waals surface area contributed by atoms with E-state index in [0.717, 1.165) is 5.56 Å². The number of ether oxygens (including phenoxy) is 1. The molecular weight excluding hydrogens is 316 g/mol. The molecule has 0 fully saturated rings. The van der Waals surface area contributed by atoms with Crippen molar-refractivity contribution in [2.24, 2.45) is 0 Å². The molecule has 0 heterocycles. The first kappa shape index (κ1) is 13.8. The van der Waals surface area contributed by atoms with Crippen molar-refractivity contribution in [2.75, 3.05) is 5.73 Å².